The van der Waals surface area contributed by atoms with Gasteiger partial charge in [0.2, 0.25) is 11.8 Å². The molecule has 198 valence electrons. The number of nitrogens with zero attached hydrogens (tertiary/aromatic N) is 2. The van der Waals surface area contributed by atoms with Crippen LogP contribution in [0, 0.1) is 11.8 Å². The highest BCUT2D eigenvalue weighted by Crippen LogP contribution is 2.25. The van der Waals surface area contributed by atoms with Crippen LogP contribution in [0.2, 0.25) is 0 Å². The molecule has 9 heteroatoms. The molecular formula is C28H35N3O6. The largest absolute Gasteiger partial charge is 0.460 e. The molecule has 2 bridgehead atoms. The van der Waals surface area contributed by atoms with Crippen molar-refractivity contribution < 1.29 is 28.3 Å². The van der Waals surface area contributed by atoms with E-state index >= 15 is 0 Å². The van der Waals surface area contributed by atoms with Crippen LogP contribution in [-0.2, 0) is 25.5 Å². The molecule has 2 aliphatic heterocycles. The zero-order valence-corrected chi connectivity index (χ0v) is 21.8. The van der Waals surface area contributed by atoms with E-state index in [-0.39, 0.29) is 41.5 Å². The minimum atomic E-state index is -0.735. The Balaban J connectivity index is 1.86. The van der Waals surface area contributed by atoms with Gasteiger partial charge in [0.1, 0.15) is 18.4 Å². The topological polar surface area (TPSA) is 119 Å². The molecule has 0 unspecified atom stereocenters. The molecule has 1 aromatic rings. The van der Waals surface area contributed by atoms with Gasteiger partial charge in [0.25, 0.3) is 5.91 Å². The highest BCUT2D eigenvalue weighted by molar-refractivity contribution is 5.96. The third kappa shape index (κ3) is 7.87. The quantitative estimate of drug-likeness (QED) is 0.577. The number of amides is 2. The van der Waals surface area contributed by atoms with E-state index in [4.69, 9.17) is 9.15 Å². The second-order valence-electron chi connectivity index (χ2n) is 9.71. The van der Waals surface area contributed by atoms with E-state index in [9.17, 15) is 19.2 Å². The van der Waals surface area contributed by atoms with Gasteiger partial charge in [-0.1, -0.05) is 56.7 Å². The first-order valence-electron chi connectivity index (χ1n) is 12.6. The number of cyclic esters (lactones) is 1. The summed E-state index contributed by atoms with van der Waals surface area (Å²) in [5.41, 5.74) is 0.945. The van der Waals surface area contributed by atoms with E-state index in [1.807, 2.05) is 39.8 Å². The van der Waals surface area contributed by atoms with Crippen molar-refractivity contribution in [3.63, 3.8) is 0 Å². The second-order valence-corrected chi connectivity index (χ2v) is 9.71. The molecule has 0 radical (unpaired) electrons. The Kier molecular flexibility index (Phi) is 9.77. The number of nitrogens with one attached hydrogen (secondary N) is 1. The number of fused-ring (bicyclic) bond motifs is 3. The van der Waals surface area contributed by atoms with Gasteiger partial charge in [-0.15, -0.1) is 0 Å². The van der Waals surface area contributed by atoms with E-state index in [2.05, 4.69) is 10.3 Å². The number of carbonyl (C=O) groups is 4. The SMILES string of the molecule is CC1=C/C=C\C(=O)Cc2nc(co2)C(=O)N2CCC[C@@H]2C(=O)O[C@H](C(C)C)[C@H](C)/C=C\C(=O)NC/C=C\1. The van der Waals surface area contributed by atoms with Crippen molar-refractivity contribution in [2.45, 2.75) is 59.1 Å². The van der Waals surface area contributed by atoms with E-state index in [1.54, 1.807) is 18.2 Å². The lowest BCUT2D eigenvalue weighted by Crippen LogP contribution is -2.44. The molecule has 1 N–H and O–H groups in total. The minimum Gasteiger partial charge on any atom is -0.460 e. The summed E-state index contributed by atoms with van der Waals surface area (Å²) in [6.45, 7) is 8.39. The van der Waals surface area contributed by atoms with Crippen LogP contribution in [0.25, 0.3) is 0 Å². The standard InChI is InChI=1S/C28H35N3O6/c1-18(2)26-20(4)12-13-24(33)29-14-6-9-19(3)8-5-10-21(32)16-25-30-22(17-36-25)27(34)31-15-7-11-23(31)28(35)37-26/h5-6,8-10,12-13,17-18,20,23,26H,7,11,14-16H2,1-4H3,(H,29,33)/b9-6-,10-5-,13-12-,19-8-/t20-,23-,26-/m1/s1. The third-order valence-corrected chi connectivity index (χ3v) is 6.28. The zero-order valence-electron chi connectivity index (χ0n) is 21.8. The van der Waals surface area contributed by atoms with Gasteiger partial charge in [-0.25, -0.2) is 9.78 Å². The number of ether oxygens (including phenoxy) is 1. The minimum absolute atomic E-state index is 0.00589. The first-order chi connectivity index (χ1) is 17.7. The number of hydrogen-bond donors (Lipinski definition) is 1. The van der Waals surface area contributed by atoms with Crippen LogP contribution in [0.4, 0.5) is 0 Å². The molecule has 1 fully saturated rings. The molecule has 2 amide bonds. The molecule has 37 heavy (non-hydrogen) atoms. The Morgan fingerprint density at radius 2 is 1.92 bits per heavy atom. The summed E-state index contributed by atoms with van der Waals surface area (Å²) in [4.78, 5) is 56.5. The maximum absolute atomic E-state index is 13.2. The average molecular weight is 510 g/mol. The molecule has 3 heterocycles. The lowest BCUT2D eigenvalue weighted by atomic mass is 9.94. The number of hydrogen-bond acceptors (Lipinski definition) is 7. The zero-order chi connectivity index (χ0) is 26.9. The Bertz CT molecular complexity index is 1130. The molecule has 1 saturated heterocycles. The van der Waals surface area contributed by atoms with Crippen LogP contribution >= 0.6 is 0 Å². The fraction of sp³-hybridized carbons (Fsp3) is 0.464. The number of aromatic nitrogens is 1. The molecule has 3 rings (SSSR count). The lowest BCUT2D eigenvalue weighted by Gasteiger charge is -2.29. The number of oxazole rings is 1. The van der Waals surface area contributed by atoms with Gasteiger partial charge in [0.15, 0.2) is 11.5 Å². The number of rotatable bonds is 1. The van der Waals surface area contributed by atoms with Crippen LogP contribution in [0.5, 0.6) is 0 Å². The van der Waals surface area contributed by atoms with E-state index in [0.717, 1.165) is 5.57 Å². The summed E-state index contributed by atoms with van der Waals surface area (Å²) in [6, 6.07) is -0.735. The summed E-state index contributed by atoms with van der Waals surface area (Å²) >= 11 is 0. The molecule has 2 aliphatic rings. The van der Waals surface area contributed by atoms with Crippen LogP contribution in [0.1, 0.15) is 56.9 Å². The third-order valence-electron chi connectivity index (χ3n) is 6.28. The van der Waals surface area contributed by atoms with Crippen LogP contribution < -0.4 is 5.32 Å². The smallest absolute Gasteiger partial charge is 0.329 e. The maximum Gasteiger partial charge on any atom is 0.329 e. The first kappa shape index (κ1) is 27.8. The lowest BCUT2D eigenvalue weighted by molar-refractivity contribution is -0.158. The summed E-state index contributed by atoms with van der Waals surface area (Å²) in [5, 5.41) is 2.78. The number of carbonyl (C=O) groups excluding carboxylic acids is 4. The number of ketones is 1. The molecule has 0 aliphatic carbocycles. The van der Waals surface area contributed by atoms with Gasteiger partial charge in [-0.05, 0) is 37.8 Å². The molecule has 0 aromatic carbocycles. The predicted molar refractivity (Wildman–Crippen MR) is 137 cm³/mol. The molecule has 3 atom stereocenters. The van der Waals surface area contributed by atoms with Crippen molar-refractivity contribution >= 4 is 23.6 Å². The van der Waals surface area contributed by atoms with Gasteiger partial charge in [-0.3, -0.25) is 14.4 Å². The van der Waals surface area contributed by atoms with Crippen molar-refractivity contribution in [3.05, 3.63) is 66.0 Å². The van der Waals surface area contributed by atoms with E-state index in [0.29, 0.717) is 25.9 Å². The Morgan fingerprint density at radius 1 is 1.14 bits per heavy atom. The molecule has 9 nitrogen and oxygen atoms in total. The van der Waals surface area contributed by atoms with Crippen molar-refractivity contribution in [3.8, 4) is 0 Å². The fourth-order valence-electron chi connectivity index (χ4n) is 4.34. The molecule has 1 aromatic heterocycles. The van der Waals surface area contributed by atoms with Crippen molar-refractivity contribution in [2.75, 3.05) is 13.1 Å². The van der Waals surface area contributed by atoms with Gasteiger partial charge in [0.05, 0.1) is 6.42 Å². The Morgan fingerprint density at radius 3 is 2.68 bits per heavy atom. The monoisotopic (exact) mass is 509 g/mol. The second kappa shape index (κ2) is 13.0. The first-order valence-corrected chi connectivity index (χ1v) is 12.6. The summed E-state index contributed by atoms with van der Waals surface area (Å²) in [6.07, 6.45) is 13.4. The van der Waals surface area contributed by atoms with E-state index in [1.165, 1.54) is 23.3 Å². The van der Waals surface area contributed by atoms with E-state index < -0.39 is 24.0 Å². The summed E-state index contributed by atoms with van der Waals surface area (Å²) < 4.78 is 11.2. The van der Waals surface area contributed by atoms with Crippen LogP contribution in [-0.4, -0.2) is 58.7 Å². The molecular weight excluding hydrogens is 474 g/mol. The Labute approximate surface area is 217 Å². The average Bonchev–Trinajstić information content (AvgIpc) is 3.52. The summed E-state index contributed by atoms with van der Waals surface area (Å²) in [5.74, 6) is -1.50. The highest BCUT2D eigenvalue weighted by atomic mass is 16.5. The van der Waals surface area contributed by atoms with Crippen LogP contribution in [0.3, 0.4) is 0 Å². The molecule has 0 saturated carbocycles. The predicted octanol–water partition coefficient (Wildman–Crippen LogP) is 3.34. The number of esters is 1. The van der Waals surface area contributed by atoms with Crippen molar-refractivity contribution in [2.24, 2.45) is 11.8 Å². The van der Waals surface area contributed by atoms with Crippen molar-refractivity contribution in [1.82, 2.24) is 15.2 Å². The van der Waals surface area contributed by atoms with Crippen molar-refractivity contribution in [1.29, 1.82) is 0 Å². The normalized spacial score (nSPS) is 28.6. The highest BCUT2D eigenvalue weighted by Gasteiger charge is 2.38. The number of allylic oxidation sites excluding steroid dienone is 5. The van der Waals surface area contributed by atoms with Gasteiger partial charge in [0, 0.05) is 19.0 Å². The maximum atomic E-state index is 13.2. The van der Waals surface area contributed by atoms with Gasteiger partial charge in [-0.2, -0.15) is 0 Å². The fourth-order valence-corrected chi connectivity index (χ4v) is 4.34. The van der Waals surface area contributed by atoms with Crippen LogP contribution in [0.15, 0.2) is 58.8 Å². The van der Waals surface area contributed by atoms with Gasteiger partial charge < -0.3 is 19.4 Å². The molecule has 0 spiro atoms. The Hall–Kier alpha value is -3.75. The summed E-state index contributed by atoms with van der Waals surface area (Å²) in [7, 11) is 0. The van der Waals surface area contributed by atoms with Gasteiger partial charge >= 0.3 is 5.97 Å².